The van der Waals surface area contributed by atoms with E-state index in [1.54, 1.807) is 13.0 Å². The molecule has 94 valence electrons. The van der Waals surface area contributed by atoms with Crippen molar-refractivity contribution in [2.24, 2.45) is 0 Å². The van der Waals surface area contributed by atoms with Crippen LogP contribution in [0.15, 0.2) is 18.2 Å². The Labute approximate surface area is 109 Å². The average Bonchev–Trinajstić information content (AvgIpc) is 2.64. The number of nitrogens with zero attached hydrogens (tertiary/aromatic N) is 1. The van der Waals surface area contributed by atoms with E-state index in [1.165, 1.54) is 30.6 Å². The highest BCUT2D eigenvalue weighted by Gasteiger charge is 2.15. The Kier molecular flexibility index (Phi) is 3.43. The van der Waals surface area contributed by atoms with Gasteiger partial charge in [-0.3, -0.25) is 4.79 Å². The summed E-state index contributed by atoms with van der Waals surface area (Å²) in [6.45, 7) is 5.13. The Hall–Kier alpha value is -1.75. The Morgan fingerprint density at radius 3 is 2.72 bits per heavy atom. The van der Waals surface area contributed by atoms with Crippen molar-refractivity contribution in [3.63, 3.8) is 0 Å². The number of nitrogens with one attached hydrogen (secondary N) is 1. The van der Waals surface area contributed by atoms with Gasteiger partial charge in [0.15, 0.2) is 5.78 Å². The summed E-state index contributed by atoms with van der Waals surface area (Å²) in [4.78, 5) is 11.5. The summed E-state index contributed by atoms with van der Waals surface area (Å²) in [5.74, 6) is -0.297. The molecule has 0 radical (unpaired) electrons. The van der Waals surface area contributed by atoms with Crippen molar-refractivity contribution in [1.29, 1.82) is 0 Å². The maximum Gasteiger partial charge on any atom is 0.164 e. The molecular formula is C13H13FN2OS. The molecule has 0 spiro atoms. The Bertz CT molecular complexity index is 607. The first-order chi connectivity index (χ1) is 8.49. The fourth-order valence-corrected chi connectivity index (χ4v) is 2.62. The average molecular weight is 264 g/mol. The first-order valence-corrected chi connectivity index (χ1v) is 6.26. The summed E-state index contributed by atoms with van der Waals surface area (Å²) in [5.41, 5.74) is 2.89. The second-order valence-electron chi connectivity index (χ2n) is 4.11. The molecule has 0 bridgehead atoms. The number of carbonyl (C=O) groups is 1. The fraction of sp³-hybridized carbons (Fsp3) is 0.231. The zero-order valence-electron chi connectivity index (χ0n) is 10.4. The minimum Gasteiger partial charge on any atom is -0.345 e. The van der Waals surface area contributed by atoms with E-state index in [0.29, 0.717) is 10.6 Å². The summed E-state index contributed by atoms with van der Waals surface area (Å²) in [6, 6.07) is 4.49. The normalized spacial score (nSPS) is 10.4. The molecule has 0 unspecified atom stereocenters. The summed E-state index contributed by atoms with van der Waals surface area (Å²) in [6.07, 6.45) is 0. The first-order valence-electron chi connectivity index (χ1n) is 5.49. The molecular weight excluding hydrogens is 251 g/mol. The number of carbonyl (C=O) groups excluding carboxylic acids is 1. The summed E-state index contributed by atoms with van der Waals surface area (Å²) in [5, 5.41) is 3.84. The fourth-order valence-electron chi connectivity index (χ4n) is 1.76. The number of Topliss-reactive ketones (excluding diaryl/α,β-unsaturated/α-hetero) is 1. The number of hydrogen-bond donors (Lipinski definition) is 1. The van der Waals surface area contributed by atoms with Gasteiger partial charge in [0.05, 0.1) is 11.3 Å². The summed E-state index contributed by atoms with van der Waals surface area (Å²) in [7, 11) is 0. The van der Waals surface area contributed by atoms with Crippen LogP contribution in [0.3, 0.4) is 0 Å². The molecule has 0 aliphatic heterocycles. The number of rotatable bonds is 3. The monoisotopic (exact) mass is 264 g/mol. The van der Waals surface area contributed by atoms with Gasteiger partial charge in [-0.15, -0.1) is 0 Å². The van der Waals surface area contributed by atoms with Gasteiger partial charge in [0, 0.05) is 5.69 Å². The lowest BCUT2D eigenvalue weighted by molar-refractivity contribution is 0.101. The SMILES string of the molecule is CC(=O)c1c(C)nsc1Nc1ccc(F)cc1C. The van der Waals surface area contributed by atoms with Crippen LogP contribution in [0.4, 0.5) is 15.1 Å². The van der Waals surface area contributed by atoms with Gasteiger partial charge >= 0.3 is 0 Å². The van der Waals surface area contributed by atoms with Crippen molar-refractivity contribution in [1.82, 2.24) is 4.37 Å². The minimum absolute atomic E-state index is 0.0245. The molecule has 0 fully saturated rings. The van der Waals surface area contributed by atoms with E-state index in [0.717, 1.165) is 16.9 Å². The van der Waals surface area contributed by atoms with Crippen LogP contribution in [0, 0.1) is 19.7 Å². The van der Waals surface area contributed by atoms with Gasteiger partial charge in [-0.2, -0.15) is 4.37 Å². The topological polar surface area (TPSA) is 42.0 Å². The second kappa shape index (κ2) is 4.86. The van der Waals surface area contributed by atoms with E-state index < -0.39 is 0 Å². The van der Waals surface area contributed by atoms with E-state index in [4.69, 9.17) is 0 Å². The van der Waals surface area contributed by atoms with Crippen molar-refractivity contribution < 1.29 is 9.18 Å². The Morgan fingerprint density at radius 2 is 2.11 bits per heavy atom. The number of hydrogen-bond acceptors (Lipinski definition) is 4. The molecule has 2 aromatic rings. The van der Waals surface area contributed by atoms with Crippen LogP contribution >= 0.6 is 11.5 Å². The van der Waals surface area contributed by atoms with Gasteiger partial charge in [0.2, 0.25) is 0 Å². The molecule has 1 heterocycles. The van der Waals surface area contributed by atoms with Crippen molar-refractivity contribution in [3.8, 4) is 0 Å². The zero-order chi connectivity index (χ0) is 13.3. The molecule has 0 aliphatic rings. The van der Waals surface area contributed by atoms with Gasteiger partial charge < -0.3 is 5.32 Å². The lowest BCUT2D eigenvalue weighted by Crippen LogP contribution is -1.99. The van der Waals surface area contributed by atoms with Gasteiger partial charge in [-0.25, -0.2) is 4.39 Å². The molecule has 0 saturated heterocycles. The molecule has 0 amide bonds. The summed E-state index contributed by atoms with van der Waals surface area (Å²) >= 11 is 1.24. The molecule has 2 rings (SSSR count). The highest BCUT2D eigenvalue weighted by molar-refractivity contribution is 7.10. The van der Waals surface area contributed by atoms with E-state index in [2.05, 4.69) is 9.69 Å². The van der Waals surface area contributed by atoms with Gasteiger partial charge in [0.25, 0.3) is 0 Å². The summed E-state index contributed by atoms with van der Waals surface area (Å²) < 4.78 is 17.2. The quantitative estimate of drug-likeness (QED) is 0.856. The number of aromatic nitrogens is 1. The second-order valence-corrected chi connectivity index (χ2v) is 4.89. The third-order valence-corrected chi connectivity index (χ3v) is 3.51. The molecule has 3 nitrogen and oxygen atoms in total. The Balaban J connectivity index is 2.37. The maximum atomic E-state index is 13.0. The molecule has 1 aromatic carbocycles. The number of ketones is 1. The van der Waals surface area contributed by atoms with Gasteiger partial charge in [0.1, 0.15) is 10.8 Å². The van der Waals surface area contributed by atoms with E-state index in [9.17, 15) is 9.18 Å². The number of halogens is 1. The van der Waals surface area contributed by atoms with Gasteiger partial charge in [-0.1, -0.05) is 0 Å². The number of aryl methyl sites for hydroxylation is 2. The lowest BCUT2D eigenvalue weighted by atomic mass is 10.1. The molecule has 5 heteroatoms. The lowest BCUT2D eigenvalue weighted by Gasteiger charge is -2.08. The van der Waals surface area contributed by atoms with Crippen molar-refractivity contribution in [2.45, 2.75) is 20.8 Å². The molecule has 0 atom stereocenters. The molecule has 1 N–H and O–H groups in total. The Morgan fingerprint density at radius 1 is 1.39 bits per heavy atom. The van der Waals surface area contributed by atoms with Crippen LogP contribution in [0.5, 0.6) is 0 Å². The molecule has 0 saturated carbocycles. The van der Waals surface area contributed by atoms with Crippen LogP contribution < -0.4 is 5.32 Å². The largest absolute Gasteiger partial charge is 0.345 e. The van der Waals surface area contributed by atoms with Crippen LogP contribution in [-0.2, 0) is 0 Å². The molecule has 1 aromatic heterocycles. The first kappa shape index (κ1) is 12.7. The van der Waals surface area contributed by atoms with Crippen LogP contribution in [0.25, 0.3) is 0 Å². The van der Waals surface area contributed by atoms with Crippen molar-refractivity contribution in [3.05, 3.63) is 40.8 Å². The predicted octanol–water partition coefficient (Wildman–Crippen LogP) is 3.85. The maximum absolute atomic E-state index is 13.0. The third kappa shape index (κ3) is 2.41. The zero-order valence-corrected chi connectivity index (χ0v) is 11.2. The van der Waals surface area contributed by atoms with E-state index in [1.807, 2.05) is 6.92 Å². The molecule has 18 heavy (non-hydrogen) atoms. The van der Waals surface area contributed by atoms with Gasteiger partial charge in [-0.05, 0) is 56.1 Å². The van der Waals surface area contributed by atoms with Crippen LogP contribution in [-0.4, -0.2) is 10.2 Å². The standard InChI is InChI=1S/C13H13FN2OS/c1-7-6-10(14)4-5-11(7)15-13-12(9(3)17)8(2)16-18-13/h4-6,15H,1-3H3. The van der Waals surface area contributed by atoms with Crippen molar-refractivity contribution >= 4 is 28.0 Å². The van der Waals surface area contributed by atoms with Crippen LogP contribution in [0.2, 0.25) is 0 Å². The van der Waals surface area contributed by atoms with Crippen molar-refractivity contribution in [2.75, 3.05) is 5.32 Å². The number of anilines is 2. The smallest absolute Gasteiger partial charge is 0.164 e. The third-order valence-electron chi connectivity index (χ3n) is 2.65. The predicted molar refractivity (Wildman–Crippen MR) is 71.3 cm³/mol. The minimum atomic E-state index is -0.273. The van der Waals surface area contributed by atoms with E-state index in [-0.39, 0.29) is 11.6 Å². The number of benzene rings is 1. The van der Waals surface area contributed by atoms with Crippen LogP contribution in [0.1, 0.15) is 28.5 Å². The highest BCUT2D eigenvalue weighted by Crippen LogP contribution is 2.29. The highest BCUT2D eigenvalue weighted by atomic mass is 32.1. The molecule has 0 aliphatic carbocycles. The van der Waals surface area contributed by atoms with E-state index >= 15 is 0 Å².